The number of H-pyrrole nitrogens is 1. The third-order valence-electron chi connectivity index (χ3n) is 4.98. The van der Waals surface area contributed by atoms with E-state index in [0.717, 1.165) is 12.8 Å². The number of aromatic amines is 1. The van der Waals surface area contributed by atoms with Gasteiger partial charge in [0.1, 0.15) is 18.0 Å². The van der Waals surface area contributed by atoms with Crippen molar-refractivity contribution in [3.8, 4) is 0 Å². The van der Waals surface area contributed by atoms with Crippen LogP contribution < -0.4 is 11.1 Å². The molecule has 9 heteroatoms. The van der Waals surface area contributed by atoms with E-state index < -0.39 is 5.97 Å². The summed E-state index contributed by atoms with van der Waals surface area (Å²) in [6, 6.07) is 5.31. The monoisotopic (exact) mass is 398 g/mol. The molecule has 1 saturated carbocycles. The van der Waals surface area contributed by atoms with Crippen molar-refractivity contribution in [2.24, 2.45) is 0 Å². The summed E-state index contributed by atoms with van der Waals surface area (Å²) in [6.45, 7) is 0. The molecule has 2 heterocycles. The van der Waals surface area contributed by atoms with Crippen LogP contribution in [0.2, 0.25) is 5.02 Å². The zero-order valence-corrected chi connectivity index (χ0v) is 15.9. The van der Waals surface area contributed by atoms with Crippen LogP contribution in [0.4, 0.5) is 11.6 Å². The Hall–Kier alpha value is -3.13. The van der Waals surface area contributed by atoms with Gasteiger partial charge in [-0.15, -0.1) is 0 Å². The van der Waals surface area contributed by atoms with Crippen LogP contribution in [0.15, 0.2) is 24.5 Å². The summed E-state index contributed by atoms with van der Waals surface area (Å²) in [7, 11) is 1.32. The normalized spacial score (nSPS) is 13.9. The molecule has 1 aliphatic rings. The smallest absolute Gasteiger partial charge is 0.337 e. The molecule has 1 aliphatic carbocycles. The molecule has 1 fully saturated rings. The fraction of sp³-hybridized carbons (Fsp3) is 0.263. The SMILES string of the molecule is COC(=O)c1ccc2c(Cl)c(C(=N)c3c(N)ncnc3NC3CCC3)[nH]c2c1. The van der Waals surface area contributed by atoms with E-state index in [2.05, 4.69) is 20.3 Å². The van der Waals surface area contributed by atoms with Crippen molar-refractivity contribution in [3.63, 3.8) is 0 Å². The van der Waals surface area contributed by atoms with Crippen molar-refractivity contribution >= 4 is 45.8 Å². The van der Waals surface area contributed by atoms with Gasteiger partial charge in [0.15, 0.2) is 0 Å². The van der Waals surface area contributed by atoms with E-state index in [9.17, 15) is 4.79 Å². The molecule has 0 radical (unpaired) electrons. The Kier molecular flexibility index (Phi) is 4.64. The summed E-state index contributed by atoms with van der Waals surface area (Å²) in [5, 5.41) is 13.1. The Bertz CT molecular complexity index is 1090. The van der Waals surface area contributed by atoms with Crippen molar-refractivity contribution in [1.82, 2.24) is 15.0 Å². The topological polar surface area (TPSA) is 130 Å². The minimum absolute atomic E-state index is 0.0840. The van der Waals surface area contributed by atoms with Crippen LogP contribution in [0.25, 0.3) is 10.9 Å². The molecule has 28 heavy (non-hydrogen) atoms. The Labute approximate surface area is 166 Å². The number of halogens is 1. The second-order valence-electron chi connectivity index (χ2n) is 6.70. The van der Waals surface area contributed by atoms with Crippen LogP contribution in [0.5, 0.6) is 0 Å². The van der Waals surface area contributed by atoms with Gasteiger partial charge in [0.05, 0.1) is 34.7 Å². The Morgan fingerprint density at radius 3 is 2.86 bits per heavy atom. The predicted octanol–water partition coefficient (Wildman–Crippen LogP) is 3.36. The summed E-state index contributed by atoms with van der Waals surface area (Å²) >= 11 is 6.53. The Morgan fingerprint density at radius 1 is 1.39 bits per heavy atom. The number of methoxy groups -OCH3 is 1. The molecule has 1 aromatic carbocycles. The maximum atomic E-state index is 11.8. The number of hydrogen-bond donors (Lipinski definition) is 4. The van der Waals surface area contributed by atoms with Gasteiger partial charge < -0.3 is 20.8 Å². The largest absolute Gasteiger partial charge is 0.465 e. The van der Waals surface area contributed by atoms with E-state index in [-0.39, 0.29) is 11.5 Å². The second-order valence-corrected chi connectivity index (χ2v) is 7.07. The predicted molar refractivity (Wildman–Crippen MR) is 108 cm³/mol. The fourth-order valence-electron chi connectivity index (χ4n) is 3.21. The lowest BCUT2D eigenvalue weighted by Gasteiger charge is -2.28. The van der Waals surface area contributed by atoms with Gasteiger partial charge in [-0.1, -0.05) is 17.7 Å². The average molecular weight is 399 g/mol. The third-order valence-corrected chi connectivity index (χ3v) is 5.37. The van der Waals surface area contributed by atoms with Crippen LogP contribution in [0.3, 0.4) is 0 Å². The lowest BCUT2D eigenvalue weighted by Crippen LogP contribution is -2.29. The lowest BCUT2D eigenvalue weighted by atomic mass is 9.93. The van der Waals surface area contributed by atoms with E-state index >= 15 is 0 Å². The molecule has 0 bridgehead atoms. The van der Waals surface area contributed by atoms with Crippen LogP contribution in [0, 0.1) is 5.41 Å². The van der Waals surface area contributed by atoms with Gasteiger partial charge in [-0.3, -0.25) is 5.41 Å². The number of nitrogens with one attached hydrogen (secondary N) is 3. The summed E-state index contributed by atoms with van der Waals surface area (Å²) in [4.78, 5) is 23.2. The number of ether oxygens (including phenoxy) is 1. The van der Waals surface area contributed by atoms with E-state index in [1.807, 2.05) is 0 Å². The van der Waals surface area contributed by atoms with Gasteiger partial charge in [-0.25, -0.2) is 14.8 Å². The minimum Gasteiger partial charge on any atom is -0.465 e. The number of esters is 1. The first kappa shape index (κ1) is 18.2. The molecule has 0 unspecified atom stereocenters. The van der Waals surface area contributed by atoms with Gasteiger partial charge in [0.2, 0.25) is 0 Å². The number of fused-ring (bicyclic) bond motifs is 1. The van der Waals surface area contributed by atoms with E-state index in [0.29, 0.717) is 44.6 Å². The minimum atomic E-state index is -0.447. The van der Waals surface area contributed by atoms with E-state index in [1.54, 1.807) is 18.2 Å². The Balaban J connectivity index is 1.77. The zero-order chi connectivity index (χ0) is 19.8. The number of rotatable bonds is 5. The molecule has 4 rings (SSSR count). The number of aromatic nitrogens is 3. The molecular weight excluding hydrogens is 380 g/mol. The van der Waals surface area contributed by atoms with Gasteiger partial charge in [-0.05, 0) is 31.4 Å². The van der Waals surface area contributed by atoms with Crippen molar-refractivity contribution in [1.29, 1.82) is 5.41 Å². The molecule has 144 valence electrons. The average Bonchev–Trinajstić information content (AvgIpc) is 2.99. The van der Waals surface area contributed by atoms with Gasteiger partial charge in [0, 0.05) is 16.9 Å². The third kappa shape index (κ3) is 3.05. The maximum absolute atomic E-state index is 11.8. The number of benzene rings is 1. The first-order valence-corrected chi connectivity index (χ1v) is 9.23. The van der Waals surface area contributed by atoms with Crippen molar-refractivity contribution in [3.05, 3.63) is 46.4 Å². The summed E-state index contributed by atoms with van der Waals surface area (Å²) in [6.07, 6.45) is 4.66. The molecule has 8 nitrogen and oxygen atoms in total. The number of carbonyl (C=O) groups excluding carboxylic acids is 1. The zero-order valence-electron chi connectivity index (χ0n) is 15.2. The molecule has 2 aromatic heterocycles. The number of nitrogens with two attached hydrogens (primary N) is 1. The standard InChI is InChI=1S/C19H19ClN6O2/c1-28-19(27)9-5-6-11-12(7-9)26-16(14(11)20)15(21)13-17(22)23-8-24-18(13)25-10-3-2-4-10/h5-8,10,21,26H,2-4H2,1H3,(H3,22,23,24,25). The highest BCUT2D eigenvalue weighted by atomic mass is 35.5. The first-order valence-electron chi connectivity index (χ1n) is 8.85. The molecule has 0 atom stereocenters. The maximum Gasteiger partial charge on any atom is 0.337 e. The molecule has 0 aliphatic heterocycles. The van der Waals surface area contributed by atoms with Crippen LogP contribution >= 0.6 is 11.6 Å². The lowest BCUT2D eigenvalue weighted by molar-refractivity contribution is 0.0601. The van der Waals surface area contributed by atoms with E-state index in [1.165, 1.54) is 19.9 Å². The molecule has 0 amide bonds. The van der Waals surface area contributed by atoms with Crippen LogP contribution in [-0.2, 0) is 4.74 Å². The molecule has 3 aromatic rings. The molecular formula is C19H19ClN6O2. The summed E-state index contributed by atoms with van der Waals surface area (Å²) in [5.41, 5.74) is 7.95. The quantitative estimate of drug-likeness (QED) is 0.385. The van der Waals surface area contributed by atoms with Gasteiger partial charge in [-0.2, -0.15) is 0 Å². The highest BCUT2D eigenvalue weighted by molar-refractivity contribution is 6.40. The number of nitrogen functional groups attached to an aromatic ring is 1. The number of anilines is 2. The summed E-state index contributed by atoms with van der Waals surface area (Å²) < 4.78 is 4.75. The van der Waals surface area contributed by atoms with Gasteiger partial charge in [0.25, 0.3) is 0 Å². The van der Waals surface area contributed by atoms with Gasteiger partial charge >= 0.3 is 5.97 Å². The van der Waals surface area contributed by atoms with Crippen LogP contribution in [-0.4, -0.2) is 39.8 Å². The molecule has 0 saturated heterocycles. The number of hydrogen-bond acceptors (Lipinski definition) is 7. The Morgan fingerprint density at radius 2 is 2.18 bits per heavy atom. The van der Waals surface area contributed by atoms with Crippen molar-refractivity contribution in [2.45, 2.75) is 25.3 Å². The fourth-order valence-corrected chi connectivity index (χ4v) is 3.51. The van der Waals surface area contributed by atoms with Crippen molar-refractivity contribution in [2.75, 3.05) is 18.2 Å². The van der Waals surface area contributed by atoms with Crippen LogP contribution in [0.1, 0.15) is 40.9 Å². The number of nitrogens with zero attached hydrogens (tertiary/aromatic N) is 2. The van der Waals surface area contributed by atoms with E-state index in [4.69, 9.17) is 27.5 Å². The molecule has 0 spiro atoms. The summed E-state index contributed by atoms with van der Waals surface area (Å²) in [5.74, 6) is 0.274. The number of carbonyl (C=O) groups is 1. The second kappa shape index (κ2) is 7.12. The molecule has 5 N–H and O–H groups in total. The van der Waals surface area contributed by atoms with Crippen molar-refractivity contribution < 1.29 is 9.53 Å². The highest BCUT2D eigenvalue weighted by Gasteiger charge is 2.25. The highest BCUT2D eigenvalue weighted by Crippen LogP contribution is 2.33. The first-order chi connectivity index (χ1) is 13.5.